The van der Waals surface area contributed by atoms with E-state index in [0.29, 0.717) is 0 Å². The molecule has 0 aromatic heterocycles. The van der Waals surface area contributed by atoms with Crippen LogP contribution >= 0.6 is 0 Å². The van der Waals surface area contributed by atoms with Crippen molar-refractivity contribution >= 4 is 0 Å². The van der Waals surface area contributed by atoms with Crippen LogP contribution in [-0.2, 0) is 9.47 Å². The average molecular weight is 182 g/mol. The zero-order valence-electron chi connectivity index (χ0n) is 8.51. The summed E-state index contributed by atoms with van der Waals surface area (Å²) in [5.74, 6) is -0.335. The molecule has 13 heavy (non-hydrogen) atoms. The van der Waals surface area contributed by atoms with Gasteiger partial charge in [-0.2, -0.15) is 0 Å². The second-order valence-electron chi connectivity index (χ2n) is 4.11. The molecule has 0 bridgehead atoms. The first-order valence-corrected chi connectivity index (χ1v) is 5.18. The van der Waals surface area contributed by atoms with Gasteiger partial charge in [-0.25, -0.2) is 0 Å². The maximum atomic E-state index is 5.69. The fourth-order valence-electron chi connectivity index (χ4n) is 2.05. The summed E-state index contributed by atoms with van der Waals surface area (Å²) in [4.78, 5) is 0. The van der Waals surface area contributed by atoms with Crippen LogP contribution in [0, 0.1) is 5.41 Å². The monoisotopic (exact) mass is 182 g/mol. The minimum absolute atomic E-state index is 0.194. The van der Waals surface area contributed by atoms with Crippen LogP contribution in [0.3, 0.4) is 0 Å². The Kier molecular flexibility index (Phi) is 2.20. The van der Waals surface area contributed by atoms with Crippen LogP contribution < -0.4 is 0 Å². The molecule has 0 unspecified atom stereocenters. The molecule has 1 heterocycles. The van der Waals surface area contributed by atoms with Gasteiger partial charge in [0.1, 0.15) is 0 Å². The molecule has 0 N–H and O–H groups in total. The van der Waals surface area contributed by atoms with E-state index in [1.807, 2.05) is 0 Å². The largest absolute Gasteiger partial charge is 0.347 e. The number of ether oxygens (including phenoxy) is 2. The molecule has 1 saturated carbocycles. The summed E-state index contributed by atoms with van der Waals surface area (Å²) in [6.45, 7) is 5.73. The molecule has 0 amide bonds. The molecule has 0 radical (unpaired) electrons. The van der Waals surface area contributed by atoms with Gasteiger partial charge in [-0.05, 0) is 26.2 Å². The molecule has 0 atom stereocenters. The third-order valence-corrected chi connectivity index (χ3v) is 3.20. The summed E-state index contributed by atoms with van der Waals surface area (Å²) in [5, 5.41) is 0. The normalized spacial score (nSPS) is 29.7. The number of rotatable bonds is 3. The fraction of sp³-hybridized carbons (Fsp3) is 0.818. The highest BCUT2D eigenvalue weighted by Crippen LogP contribution is 2.58. The standard InChI is InChI=1S/C11H18O2/c1-3-4-5-11(6-7-11)10(2)12-8-9-13-10/h4-5H,3,6-9H2,1-2H3. The number of hydrogen-bond donors (Lipinski definition) is 0. The van der Waals surface area contributed by atoms with Crippen molar-refractivity contribution in [2.45, 2.75) is 38.9 Å². The van der Waals surface area contributed by atoms with Gasteiger partial charge in [0.15, 0.2) is 5.79 Å². The molecular weight excluding hydrogens is 164 g/mol. The third-order valence-electron chi connectivity index (χ3n) is 3.20. The molecule has 1 aliphatic heterocycles. The Hall–Kier alpha value is -0.340. The molecule has 0 aromatic carbocycles. The van der Waals surface area contributed by atoms with E-state index in [4.69, 9.17) is 9.47 Å². The zero-order chi connectivity index (χ0) is 9.36. The maximum absolute atomic E-state index is 5.69. The van der Waals surface area contributed by atoms with Gasteiger partial charge >= 0.3 is 0 Å². The van der Waals surface area contributed by atoms with Gasteiger partial charge in [-0.15, -0.1) is 0 Å². The van der Waals surface area contributed by atoms with E-state index in [0.717, 1.165) is 19.6 Å². The maximum Gasteiger partial charge on any atom is 0.174 e. The lowest BCUT2D eigenvalue weighted by Gasteiger charge is -2.30. The molecule has 0 spiro atoms. The van der Waals surface area contributed by atoms with Gasteiger partial charge in [0.25, 0.3) is 0 Å². The summed E-state index contributed by atoms with van der Waals surface area (Å²) in [6.07, 6.45) is 8.03. The Balaban J connectivity index is 2.09. The summed E-state index contributed by atoms with van der Waals surface area (Å²) < 4.78 is 11.4. The van der Waals surface area contributed by atoms with Crippen molar-refractivity contribution in [3.8, 4) is 0 Å². The highest BCUT2D eigenvalue weighted by Gasteiger charge is 2.58. The molecule has 2 rings (SSSR count). The van der Waals surface area contributed by atoms with Crippen molar-refractivity contribution in [3.05, 3.63) is 12.2 Å². The molecule has 2 heteroatoms. The van der Waals surface area contributed by atoms with Crippen LogP contribution in [0.4, 0.5) is 0 Å². The first-order chi connectivity index (χ1) is 6.22. The van der Waals surface area contributed by atoms with Crippen molar-refractivity contribution in [2.75, 3.05) is 13.2 Å². The average Bonchev–Trinajstić information content (AvgIpc) is 2.81. The topological polar surface area (TPSA) is 18.5 Å². The Morgan fingerprint density at radius 3 is 2.31 bits per heavy atom. The van der Waals surface area contributed by atoms with Crippen molar-refractivity contribution in [1.82, 2.24) is 0 Å². The molecule has 74 valence electrons. The predicted octanol–water partition coefficient (Wildman–Crippen LogP) is 2.50. The van der Waals surface area contributed by atoms with E-state index < -0.39 is 0 Å². The zero-order valence-corrected chi connectivity index (χ0v) is 8.51. The quantitative estimate of drug-likeness (QED) is 0.624. The second-order valence-corrected chi connectivity index (χ2v) is 4.11. The van der Waals surface area contributed by atoms with E-state index in [9.17, 15) is 0 Å². The first-order valence-electron chi connectivity index (χ1n) is 5.18. The second kappa shape index (κ2) is 3.10. The van der Waals surface area contributed by atoms with Gasteiger partial charge in [0, 0.05) is 5.41 Å². The highest BCUT2D eigenvalue weighted by molar-refractivity contribution is 5.16. The highest BCUT2D eigenvalue weighted by atomic mass is 16.7. The lowest BCUT2D eigenvalue weighted by molar-refractivity contribution is -0.179. The van der Waals surface area contributed by atoms with Crippen LogP contribution in [0.5, 0.6) is 0 Å². The van der Waals surface area contributed by atoms with E-state index in [2.05, 4.69) is 26.0 Å². The minimum atomic E-state index is -0.335. The Morgan fingerprint density at radius 1 is 1.23 bits per heavy atom. The predicted molar refractivity (Wildman–Crippen MR) is 51.4 cm³/mol. The van der Waals surface area contributed by atoms with Gasteiger partial charge in [0.2, 0.25) is 0 Å². The van der Waals surface area contributed by atoms with Crippen LogP contribution in [-0.4, -0.2) is 19.0 Å². The van der Waals surface area contributed by atoms with Gasteiger partial charge in [-0.1, -0.05) is 19.1 Å². The lowest BCUT2D eigenvalue weighted by atomic mass is 9.95. The van der Waals surface area contributed by atoms with Crippen LogP contribution in [0.1, 0.15) is 33.1 Å². The van der Waals surface area contributed by atoms with Crippen molar-refractivity contribution in [1.29, 1.82) is 0 Å². The van der Waals surface area contributed by atoms with Gasteiger partial charge < -0.3 is 9.47 Å². The van der Waals surface area contributed by atoms with Crippen molar-refractivity contribution < 1.29 is 9.47 Å². The summed E-state index contributed by atoms with van der Waals surface area (Å²) in [5.41, 5.74) is 0.194. The molecular formula is C11H18O2. The third kappa shape index (κ3) is 1.42. The van der Waals surface area contributed by atoms with Gasteiger partial charge in [-0.3, -0.25) is 0 Å². The number of hydrogen-bond acceptors (Lipinski definition) is 2. The Labute approximate surface area is 79.9 Å². The molecule has 0 aromatic rings. The summed E-state index contributed by atoms with van der Waals surface area (Å²) >= 11 is 0. The van der Waals surface area contributed by atoms with E-state index >= 15 is 0 Å². The van der Waals surface area contributed by atoms with E-state index in [1.165, 1.54) is 12.8 Å². The van der Waals surface area contributed by atoms with Crippen LogP contribution in [0.15, 0.2) is 12.2 Å². The number of allylic oxidation sites excluding steroid dienone is 1. The molecule has 1 aliphatic carbocycles. The van der Waals surface area contributed by atoms with Crippen molar-refractivity contribution in [3.63, 3.8) is 0 Å². The minimum Gasteiger partial charge on any atom is -0.347 e. The lowest BCUT2D eigenvalue weighted by Crippen LogP contribution is -2.36. The first kappa shape index (κ1) is 9.22. The summed E-state index contributed by atoms with van der Waals surface area (Å²) in [6, 6.07) is 0. The molecule has 2 fully saturated rings. The van der Waals surface area contributed by atoms with Crippen LogP contribution in [0.25, 0.3) is 0 Å². The SMILES string of the molecule is CCC=CC1(C2(C)OCCO2)CC1. The van der Waals surface area contributed by atoms with Gasteiger partial charge in [0.05, 0.1) is 13.2 Å². The smallest absolute Gasteiger partial charge is 0.174 e. The fourth-order valence-corrected chi connectivity index (χ4v) is 2.05. The Morgan fingerprint density at radius 2 is 1.85 bits per heavy atom. The molecule has 1 saturated heterocycles. The molecule has 2 nitrogen and oxygen atoms in total. The van der Waals surface area contributed by atoms with Crippen LogP contribution in [0.2, 0.25) is 0 Å². The van der Waals surface area contributed by atoms with E-state index in [-0.39, 0.29) is 11.2 Å². The van der Waals surface area contributed by atoms with E-state index in [1.54, 1.807) is 0 Å². The summed E-state index contributed by atoms with van der Waals surface area (Å²) in [7, 11) is 0. The molecule has 2 aliphatic rings. The Bertz CT molecular complexity index is 210. The van der Waals surface area contributed by atoms with Crippen molar-refractivity contribution in [2.24, 2.45) is 5.41 Å².